The van der Waals surface area contributed by atoms with Crippen molar-refractivity contribution in [3.63, 3.8) is 0 Å². The number of rotatable bonds is 2. The molecule has 0 radical (unpaired) electrons. The maximum atomic E-state index is 11.1. The largest absolute Gasteiger partial charge is 0.618 e. The van der Waals surface area contributed by atoms with Crippen LogP contribution in [-0.2, 0) is 4.74 Å². The molecule has 1 rings (SSSR count). The van der Waals surface area contributed by atoms with Gasteiger partial charge in [-0.2, -0.15) is 4.73 Å². The molecule has 0 aliphatic heterocycles. The summed E-state index contributed by atoms with van der Waals surface area (Å²) in [7, 11) is 1.62. The van der Waals surface area contributed by atoms with Crippen LogP contribution < -0.4 is 4.73 Å². The summed E-state index contributed by atoms with van der Waals surface area (Å²) in [5.74, 6) is 0. The average molecular weight is 167 g/mol. The highest BCUT2D eigenvalue weighted by Crippen LogP contribution is 2.12. The smallest absolute Gasteiger partial charge is 0.189 e. The maximum absolute atomic E-state index is 11.1. The third-order valence-electron chi connectivity index (χ3n) is 1.95. The topological polar surface area (TPSA) is 36.2 Å². The van der Waals surface area contributed by atoms with E-state index in [1.165, 1.54) is 0 Å². The molecule has 0 saturated heterocycles. The summed E-state index contributed by atoms with van der Waals surface area (Å²) in [6.45, 7) is 3.68. The van der Waals surface area contributed by atoms with E-state index in [0.29, 0.717) is 5.69 Å². The van der Waals surface area contributed by atoms with E-state index in [0.717, 1.165) is 10.3 Å². The van der Waals surface area contributed by atoms with Crippen molar-refractivity contribution < 1.29 is 9.47 Å². The number of ether oxygens (including phenoxy) is 1. The van der Waals surface area contributed by atoms with E-state index in [9.17, 15) is 5.21 Å². The van der Waals surface area contributed by atoms with E-state index < -0.39 is 0 Å². The van der Waals surface area contributed by atoms with Crippen LogP contribution in [0.4, 0.5) is 0 Å². The van der Waals surface area contributed by atoms with Gasteiger partial charge >= 0.3 is 0 Å². The Balaban J connectivity index is 2.96. The van der Waals surface area contributed by atoms with E-state index in [-0.39, 0.29) is 6.10 Å². The number of hydrogen-bond donors (Lipinski definition) is 0. The van der Waals surface area contributed by atoms with Crippen molar-refractivity contribution in [2.75, 3.05) is 7.11 Å². The molecule has 1 atom stereocenters. The summed E-state index contributed by atoms with van der Waals surface area (Å²) in [5, 5.41) is 11.1. The summed E-state index contributed by atoms with van der Waals surface area (Å²) >= 11 is 0. The van der Waals surface area contributed by atoms with Crippen molar-refractivity contribution in [1.29, 1.82) is 0 Å². The molecular formula is C9H13NO2. The van der Waals surface area contributed by atoms with Gasteiger partial charge in [-0.15, -0.1) is 0 Å². The van der Waals surface area contributed by atoms with Crippen LogP contribution in [-0.4, -0.2) is 7.11 Å². The third-order valence-corrected chi connectivity index (χ3v) is 1.95. The number of aryl methyl sites for hydroxylation is 1. The van der Waals surface area contributed by atoms with Gasteiger partial charge in [0.1, 0.15) is 0 Å². The number of aromatic nitrogens is 1. The van der Waals surface area contributed by atoms with Crippen molar-refractivity contribution >= 4 is 0 Å². The van der Waals surface area contributed by atoms with Crippen LogP contribution in [0, 0.1) is 12.1 Å². The molecule has 1 heterocycles. The van der Waals surface area contributed by atoms with E-state index in [2.05, 4.69) is 0 Å². The van der Waals surface area contributed by atoms with E-state index in [1.807, 2.05) is 13.0 Å². The number of pyridine rings is 1. The van der Waals surface area contributed by atoms with Gasteiger partial charge in [0.2, 0.25) is 0 Å². The van der Waals surface area contributed by atoms with Gasteiger partial charge in [0.25, 0.3) is 0 Å². The minimum Gasteiger partial charge on any atom is -0.618 e. The fourth-order valence-electron chi connectivity index (χ4n) is 0.947. The van der Waals surface area contributed by atoms with Gasteiger partial charge < -0.3 is 9.94 Å². The molecule has 66 valence electrons. The fourth-order valence-corrected chi connectivity index (χ4v) is 0.947. The van der Waals surface area contributed by atoms with Crippen LogP contribution in [0.5, 0.6) is 0 Å². The average Bonchev–Trinajstić information content (AvgIpc) is 2.08. The lowest BCUT2D eigenvalue weighted by Crippen LogP contribution is -2.30. The highest BCUT2D eigenvalue weighted by Gasteiger charge is 2.07. The molecule has 3 nitrogen and oxygen atoms in total. The highest BCUT2D eigenvalue weighted by atomic mass is 16.5. The lowest BCUT2D eigenvalue weighted by molar-refractivity contribution is -0.613. The molecule has 0 amide bonds. The van der Waals surface area contributed by atoms with Crippen molar-refractivity contribution in [3.8, 4) is 0 Å². The van der Waals surface area contributed by atoms with Crippen LogP contribution >= 0.6 is 0 Å². The number of hydrogen-bond acceptors (Lipinski definition) is 2. The van der Waals surface area contributed by atoms with Crippen molar-refractivity contribution in [3.05, 3.63) is 34.8 Å². The second-order valence-corrected chi connectivity index (χ2v) is 2.81. The van der Waals surface area contributed by atoms with Gasteiger partial charge in [-0.1, -0.05) is 0 Å². The normalized spacial score (nSPS) is 12.9. The Kier molecular flexibility index (Phi) is 2.65. The predicted molar refractivity (Wildman–Crippen MR) is 45.6 cm³/mol. The molecule has 0 aliphatic carbocycles. The van der Waals surface area contributed by atoms with Crippen molar-refractivity contribution in [1.82, 2.24) is 0 Å². The van der Waals surface area contributed by atoms with Crippen LogP contribution in [0.15, 0.2) is 18.3 Å². The van der Waals surface area contributed by atoms with Crippen LogP contribution in [0.1, 0.15) is 24.3 Å². The summed E-state index contributed by atoms with van der Waals surface area (Å²) in [5.41, 5.74) is 1.60. The molecular weight excluding hydrogens is 154 g/mol. The van der Waals surface area contributed by atoms with Crippen LogP contribution in [0.25, 0.3) is 0 Å². The Morgan fingerprint density at radius 3 is 2.67 bits per heavy atom. The predicted octanol–water partition coefficient (Wildman–Crippen LogP) is 1.34. The van der Waals surface area contributed by atoms with Gasteiger partial charge in [0.15, 0.2) is 11.9 Å². The van der Waals surface area contributed by atoms with Crippen LogP contribution in [0.2, 0.25) is 0 Å². The molecule has 1 unspecified atom stereocenters. The molecule has 0 bridgehead atoms. The molecule has 0 spiro atoms. The standard InChI is InChI=1S/C9H13NO2/c1-7-4-5-9(6-10(7)11)8(2)12-3/h4-6,8H,1-3H3. The molecule has 0 saturated carbocycles. The van der Waals surface area contributed by atoms with Gasteiger partial charge in [0.05, 0.1) is 6.10 Å². The first kappa shape index (κ1) is 9.00. The first-order chi connectivity index (χ1) is 5.65. The SMILES string of the molecule is COC(C)c1ccc(C)[n+]([O-])c1. The zero-order chi connectivity index (χ0) is 9.14. The molecule has 0 N–H and O–H groups in total. The van der Waals surface area contributed by atoms with E-state index in [4.69, 9.17) is 4.74 Å². The Hall–Kier alpha value is -1.09. The first-order valence-electron chi connectivity index (χ1n) is 3.87. The van der Waals surface area contributed by atoms with E-state index in [1.54, 1.807) is 26.3 Å². The summed E-state index contributed by atoms with van der Waals surface area (Å²) in [6, 6.07) is 3.69. The second-order valence-electron chi connectivity index (χ2n) is 2.81. The minimum atomic E-state index is -0.0224. The number of methoxy groups -OCH3 is 1. The second kappa shape index (κ2) is 3.54. The Bertz CT molecular complexity index is 273. The fraction of sp³-hybridized carbons (Fsp3) is 0.444. The Labute approximate surface area is 72.2 Å². The zero-order valence-electron chi connectivity index (χ0n) is 7.57. The maximum Gasteiger partial charge on any atom is 0.189 e. The monoisotopic (exact) mass is 167 g/mol. The lowest BCUT2D eigenvalue weighted by Gasteiger charge is -2.09. The van der Waals surface area contributed by atoms with Gasteiger partial charge in [-0.05, 0) is 13.0 Å². The Morgan fingerprint density at radius 1 is 1.50 bits per heavy atom. The first-order valence-corrected chi connectivity index (χ1v) is 3.87. The lowest BCUT2D eigenvalue weighted by atomic mass is 10.2. The Morgan fingerprint density at radius 2 is 2.17 bits per heavy atom. The molecule has 12 heavy (non-hydrogen) atoms. The summed E-state index contributed by atoms with van der Waals surface area (Å²) in [6.07, 6.45) is 1.52. The van der Waals surface area contributed by atoms with Crippen molar-refractivity contribution in [2.24, 2.45) is 0 Å². The molecule has 3 heteroatoms. The van der Waals surface area contributed by atoms with Crippen molar-refractivity contribution in [2.45, 2.75) is 20.0 Å². The summed E-state index contributed by atoms with van der Waals surface area (Å²) < 4.78 is 5.93. The van der Waals surface area contributed by atoms with Gasteiger partial charge in [-0.25, -0.2) is 0 Å². The van der Waals surface area contributed by atoms with Gasteiger partial charge in [0, 0.05) is 25.7 Å². The highest BCUT2D eigenvalue weighted by molar-refractivity contribution is 5.11. The number of nitrogens with zero attached hydrogens (tertiary/aromatic N) is 1. The molecule has 1 aromatic heterocycles. The molecule has 0 fully saturated rings. The van der Waals surface area contributed by atoms with E-state index >= 15 is 0 Å². The summed E-state index contributed by atoms with van der Waals surface area (Å²) in [4.78, 5) is 0. The van der Waals surface area contributed by atoms with Gasteiger partial charge in [-0.3, -0.25) is 0 Å². The van der Waals surface area contributed by atoms with Crippen LogP contribution in [0.3, 0.4) is 0 Å². The quantitative estimate of drug-likeness (QED) is 0.492. The minimum absolute atomic E-state index is 0.0224. The molecule has 0 aliphatic rings. The third kappa shape index (κ3) is 1.74. The molecule has 0 aromatic carbocycles. The zero-order valence-corrected chi connectivity index (χ0v) is 7.57. The molecule has 1 aromatic rings.